The second kappa shape index (κ2) is 12.2. The van der Waals surface area contributed by atoms with Gasteiger partial charge in [-0.1, -0.05) is 60.8 Å². The lowest BCUT2D eigenvalue weighted by molar-refractivity contribution is 0.437. The number of hydrogen-bond acceptors (Lipinski definition) is 7. The van der Waals surface area contributed by atoms with Gasteiger partial charge in [-0.25, -0.2) is 9.97 Å². The molecule has 1 unspecified atom stereocenters. The number of rotatable bonds is 9. The number of fused-ring (bicyclic) bond motifs is 1. The monoisotopic (exact) mass is 523 g/mol. The first-order valence-electron chi connectivity index (χ1n) is 12.9. The third-order valence-electron chi connectivity index (χ3n) is 6.31. The molecule has 1 atom stereocenters. The first kappa shape index (κ1) is 25.8. The minimum Gasteiger partial charge on any atom is -0.460 e. The van der Waals surface area contributed by atoms with Gasteiger partial charge < -0.3 is 20.7 Å². The molecular weight excluding hydrogens is 490 g/mol. The molecule has 0 radical (unpaired) electrons. The molecule has 3 aromatic carbocycles. The minimum absolute atomic E-state index is 0.326. The summed E-state index contributed by atoms with van der Waals surface area (Å²) in [6.45, 7) is 10.1. The van der Waals surface area contributed by atoms with Gasteiger partial charge in [0.05, 0.1) is 10.6 Å². The summed E-state index contributed by atoms with van der Waals surface area (Å²) in [6, 6.07) is 24.8. The molecule has 1 aromatic heterocycles. The fourth-order valence-electron chi connectivity index (χ4n) is 4.55. The fourth-order valence-corrected chi connectivity index (χ4v) is 5.30. The Morgan fingerprint density at radius 2 is 1.79 bits per heavy atom. The molecule has 3 N–H and O–H groups in total. The molecule has 0 bridgehead atoms. The fraction of sp³-hybridized carbons (Fsp3) is 0.226. The molecule has 1 fully saturated rings. The lowest BCUT2D eigenvalue weighted by Gasteiger charge is -2.24. The summed E-state index contributed by atoms with van der Waals surface area (Å²) >= 11 is 1.56. The average Bonchev–Trinajstić information content (AvgIpc) is 2.94. The molecule has 0 aliphatic carbocycles. The summed E-state index contributed by atoms with van der Waals surface area (Å²) in [7, 11) is 0. The van der Waals surface area contributed by atoms with Gasteiger partial charge in [0.1, 0.15) is 11.5 Å². The zero-order valence-electron chi connectivity index (χ0n) is 21.8. The second-order valence-electron chi connectivity index (χ2n) is 9.39. The largest absolute Gasteiger partial charge is 0.460 e. The molecule has 2 heterocycles. The predicted molar refractivity (Wildman–Crippen MR) is 161 cm³/mol. The smallest absolute Gasteiger partial charge is 0.223 e. The van der Waals surface area contributed by atoms with Crippen molar-refractivity contribution in [2.45, 2.75) is 32.7 Å². The number of allylic oxidation sites excluding steroid dienone is 2. The number of anilines is 3. The molecule has 1 saturated heterocycles. The summed E-state index contributed by atoms with van der Waals surface area (Å²) in [5.74, 6) is 2.18. The Morgan fingerprint density at radius 1 is 1.00 bits per heavy atom. The van der Waals surface area contributed by atoms with Gasteiger partial charge in [-0.05, 0) is 68.5 Å². The van der Waals surface area contributed by atoms with Gasteiger partial charge in [0.15, 0.2) is 0 Å². The van der Waals surface area contributed by atoms with E-state index in [2.05, 4.69) is 57.8 Å². The van der Waals surface area contributed by atoms with Gasteiger partial charge in [0, 0.05) is 40.9 Å². The van der Waals surface area contributed by atoms with Crippen LogP contribution in [0.5, 0.6) is 5.75 Å². The lowest BCUT2D eigenvalue weighted by Crippen LogP contribution is -2.38. The van der Waals surface area contributed by atoms with Crippen LogP contribution in [0.3, 0.4) is 0 Å². The molecule has 1 aliphatic rings. The van der Waals surface area contributed by atoms with E-state index < -0.39 is 0 Å². The topological polar surface area (TPSA) is 71.1 Å². The van der Waals surface area contributed by atoms with E-state index in [-0.39, 0.29) is 0 Å². The van der Waals surface area contributed by atoms with Gasteiger partial charge in [0.2, 0.25) is 5.95 Å². The first-order valence-corrected chi connectivity index (χ1v) is 13.7. The van der Waals surface area contributed by atoms with E-state index in [0.717, 1.165) is 75.1 Å². The Kier molecular flexibility index (Phi) is 8.26. The van der Waals surface area contributed by atoms with Crippen molar-refractivity contribution in [2.24, 2.45) is 0 Å². The number of nitrogens with one attached hydrogen (secondary N) is 3. The molecule has 4 aromatic rings. The molecular formula is C31H33N5OS. The predicted octanol–water partition coefficient (Wildman–Crippen LogP) is 7.57. The van der Waals surface area contributed by atoms with E-state index >= 15 is 0 Å². The number of benzene rings is 3. The quantitative estimate of drug-likeness (QED) is 0.195. The van der Waals surface area contributed by atoms with Crippen LogP contribution in [0.2, 0.25) is 0 Å². The molecule has 38 heavy (non-hydrogen) atoms. The third kappa shape index (κ3) is 6.36. The lowest BCUT2D eigenvalue weighted by atomic mass is 10.1. The Hall–Kier alpha value is -3.81. The summed E-state index contributed by atoms with van der Waals surface area (Å²) in [4.78, 5) is 11.2. The number of thioether (sulfide) groups is 1. The van der Waals surface area contributed by atoms with Crippen molar-refractivity contribution >= 4 is 44.8 Å². The van der Waals surface area contributed by atoms with Crippen molar-refractivity contribution in [3.63, 3.8) is 0 Å². The summed E-state index contributed by atoms with van der Waals surface area (Å²) in [5, 5.41) is 12.6. The van der Waals surface area contributed by atoms with Crippen LogP contribution in [-0.2, 0) is 0 Å². The van der Waals surface area contributed by atoms with Crippen LogP contribution in [0, 0.1) is 0 Å². The summed E-state index contributed by atoms with van der Waals surface area (Å²) in [5.41, 5.74) is 2.88. The van der Waals surface area contributed by atoms with Crippen molar-refractivity contribution in [3.05, 3.63) is 102 Å². The van der Waals surface area contributed by atoms with E-state index in [4.69, 9.17) is 9.72 Å². The number of hydrogen-bond donors (Lipinski definition) is 3. The normalized spacial score (nSPS) is 16.0. The Bertz CT molecular complexity index is 1450. The van der Waals surface area contributed by atoms with E-state index in [9.17, 15) is 0 Å². The van der Waals surface area contributed by atoms with Gasteiger partial charge >= 0.3 is 0 Å². The number of ether oxygens (including phenoxy) is 1. The zero-order chi connectivity index (χ0) is 26.3. The highest BCUT2D eigenvalue weighted by Crippen LogP contribution is 2.38. The number of piperidine rings is 1. The number of para-hydroxylation sites is 1. The minimum atomic E-state index is 0.326. The summed E-state index contributed by atoms with van der Waals surface area (Å²) < 4.78 is 6.54. The Morgan fingerprint density at radius 3 is 2.55 bits per heavy atom. The van der Waals surface area contributed by atoms with Gasteiger partial charge in [-0.3, -0.25) is 0 Å². The van der Waals surface area contributed by atoms with E-state index in [0.29, 0.717) is 12.0 Å². The van der Waals surface area contributed by atoms with E-state index in [1.54, 1.807) is 18.0 Å². The third-order valence-corrected chi connectivity index (χ3v) is 7.36. The summed E-state index contributed by atoms with van der Waals surface area (Å²) in [6.07, 6.45) is 4.05. The van der Waals surface area contributed by atoms with Crippen molar-refractivity contribution < 1.29 is 4.74 Å². The molecule has 0 saturated carbocycles. The van der Waals surface area contributed by atoms with Gasteiger partial charge in [-0.2, -0.15) is 0 Å². The molecule has 0 spiro atoms. The highest BCUT2D eigenvalue weighted by molar-refractivity contribution is 8.11. The Labute approximate surface area is 228 Å². The molecule has 7 heteroatoms. The molecule has 194 valence electrons. The van der Waals surface area contributed by atoms with Gasteiger partial charge in [0.25, 0.3) is 0 Å². The van der Waals surface area contributed by atoms with Crippen LogP contribution in [-0.4, -0.2) is 29.1 Å². The molecule has 1 aliphatic heterocycles. The average molecular weight is 524 g/mol. The first-order chi connectivity index (χ1) is 18.6. The van der Waals surface area contributed by atoms with Crippen molar-refractivity contribution in [2.75, 3.05) is 23.7 Å². The van der Waals surface area contributed by atoms with Crippen LogP contribution < -0.4 is 20.7 Å². The maximum atomic E-state index is 6.54. The number of nitrogens with zero attached hydrogens (tertiary/aromatic N) is 2. The van der Waals surface area contributed by atoms with Crippen molar-refractivity contribution in [1.29, 1.82) is 0 Å². The molecule has 5 rings (SSSR count). The van der Waals surface area contributed by atoms with Crippen LogP contribution in [0.1, 0.15) is 32.4 Å². The van der Waals surface area contributed by atoms with E-state index in [1.807, 2.05) is 56.3 Å². The van der Waals surface area contributed by atoms with E-state index in [1.165, 1.54) is 0 Å². The van der Waals surface area contributed by atoms with Gasteiger partial charge in [-0.15, -0.1) is 0 Å². The van der Waals surface area contributed by atoms with Crippen LogP contribution >= 0.6 is 11.8 Å². The SMILES string of the molecule is C=C(C)S/C(=C(\C)Oc1ccc(Nc2ccccc2)c2ccccc12)c1ccnc(NC2CCCNC2)n1. The highest BCUT2D eigenvalue weighted by atomic mass is 32.2. The molecule has 6 nitrogen and oxygen atoms in total. The van der Waals surface area contributed by atoms with Crippen LogP contribution in [0.4, 0.5) is 17.3 Å². The second-order valence-corrected chi connectivity index (χ2v) is 10.7. The van der Waals surface area contributed by atoms with Crippen LogP contribution in [0.25, 0.3) is 15.7 Å². The van der Waals surface area contributed by atoms with Crippen molar-refractivity contribution in [3.8, 4) is 5.75 Å². The highest BCUT2D eigenvalue weighted by Gasteiger charge is 2.17. The zero-order valence-corrected chi connectivity index (χ0v) is 22.6. The standard InChI is InChI=1S/C31H33N5OS/c1-21(2)38-30(28-17-19-33-31(36-28)35-24-12-9-18-32-20-24)22(3)37-29-16-15-27(25-13-7-8-14-26(25)29)34-23-10-5-4-6-11-23/h4-8,10-11,13-17,19,24,32,34H,1,9,12,18,20H2,2-3H3,(H,33,35,36)/b30-22+. The maximum absolute atomic E-state index is 6.54. The Balaban J connectivity index is 1.46. The number of aromatic nitrogens is 2. The van der Waals surface area contributed by atoms with Crippen molar-refractivity contribution in [1.82, 2.24) is 15.3 Å². The van der Waals surface area contributed by atoms with Crippen LogP contribution in [0.15, 0.2) is 96.2 Å². The maximum Gasteiger partial charge on any atom is 0.223 e. The molecule has 0 amide bonds.